The zero-order chi connectivity index (χ0) is 11.8. The van der Waals surface area contributed by atoms with Crippen molar-refractivity contribution in [3.8, 4) is 0 Å². The summed E-state index contributed by atoms with van der Waals surface area (Å²) in [6.07, 6.45) is 3.01. The SMILES string of the molecule is Cc1nc2ccccn2c1CNS(C)(=O)=O. The molecule has 0 aromatic carbocycles. The van der Waals surface area contributed by atoms with Gasteiger partial charge in [-0.25, -0.2) is 18.1 Å². The number of hydrogen-bond donors (Lipinski definition) is 1. The van der Waals surface area contributed by atoms with E-state index in [1.54, 1.807) is 0 Å². The van der Waals surface area contributed by atoms with E-state index in [0.29, 0.717) is 0 Å². The number of aromatic nitrogens is 2. The van der Waals surface area contributed by atoms with Crippen LogP contribution in [-0.4, -0.2) is 24.1 Å². The van der Waals surface area contributed by atoms with Crippen LogP contribution >= 0.6 is 0 Å². The second-order valence-corrected chi connectivity index (χ2v) is 5.50. The summed E-state index contributed by atoms with van der Waals surface area (Å²) in [5, 5.41) is 0. The average Bonchev–Trinajstić information content (AvgIpc) is 2.49. The smallest absolute Gasteiger partial charge is 0.209 e. The largest absolute Gasteiger partial charge is 0.302 e. The highest BCUT2D eigenvalue weighted by Crippen LogP contribution is 2.11. The number of nitrogens with one attached hydrogen (secondary N) is 1. The van der Waals surface area contributed by atoms with Gasteiger partial charge in [0.15, 0.2) is 0 Å². The second kappa shape index (κ2) is 3.88. The highest BCUT2D eigenvalue weighted by Gasteiger charge is 2.09. The van der Waals surface area contributed by atoms with Crippen molar-refractivity contribution in [3.05, 3.63) is 35.8 Å². The fraction of sp³-hybridized carbons (Fsp3) is 0.300. The van der Waals surface area contributed by atoms with Gasteiger partial charge in [0.1, 0.15) is 5.65 Å². The first-order valence-corrected chi connectivity index (χ1v) is 6.74. The van der Waals surface area contributed by atoms with Crippen LogP contribution in [0.2, 0.25) is 0 Å². The Labute approximate surface area is 94.2 Å². The van der Waals surface area contributed by atoms with Crippen LogP contribution in [0.4, 0.5) is 0 Å². The van der Waals surface area contributed by atoms with Crippen molar-refractivity contribution in [2.24, 2.45) is 0 Å². The molecule has 0 atom stereocenters. The lowest BCUT2D eigenvalue weighted by molar-refractivity contribution is 0.586. The molecule has 6 heteroatoms. The molecule has 2 aromatic heterocycles. The van der Waals surface area contributed by atoms with E-state index in [1.165, 1.54) is 0 Å². The molecule has 16 heavy (non-hydrogen) atoms. The van der Waals surface area contributed by atoms with E-state index < -0.39 is 10.0 Å². The van der Waals surface area contributed by atoms with E-state index in [2.05, 4.69) is 9.71 Å². The zero-order valence-corrected chi connectivity index (χ0v) is 9.95. The van der Waals surface area contributed by atoms with Gasteiger partial charge in [-0.1, -0.05) is 6.07 Å². The van der Waals surface area contributed by atoms with E-state index in [9.17, 15) is 8.42 Å². The van der Waals surface area contributed by atoms with E-state index in [-0.39, 0.29) is 6.54 Å². The van der Waals surface area contributed by atoms with Gasteiger partial charge in [-0.15, -0.1) is 0 Å². The molecule has 5 nitrogen and oxygen atoms in total. The van der Waals surface area contributed by atoms with Gasteiger partial charge in [-0.3, -0.25) is 0 Å². The van der Waals surface area contributed by atoms with E-state index >= 15 is 0 Å². The predicted molar refractivity (Wildman–Crippen MR) is 61.6 cm³/mol. The van der Waals surface area contributed by atoms with Crippen molar-refractivity contribution in [2.45, 2.75) is 13.5 Å². The van der Waals surface area contributed by atoms with Crippen molar-refractivity contribution in [2.75, 3.05) is 6.26 Å². The first-order valence-electron chi connectivity index (χ1n) is 4.84. The molecule has 0 amide bonds. The minimum Gasteiger partial charge on any atom is -0.302 e. The van der Waals surface area contributed by atoms with Crippen LogP contribution in [0.1, 0.15) is 11.4 Å². The van der Waals surface area contributed by atoms with Gasteiger partial charge >= 0.3 is 0 Å². The van der Waals surface area contributed by atoms with Crippen molar-refractivity contribution < 1.29 is 8.42 Å². The molecule has 2 aromatic rings. The van der Waals surface area contributed by atoms with Gasteiger partial charge in [0, 0.05) is 6.20 Å². The Morgan fingerprint density at radius 2 is 2.19 bits per heavy atom. The van der Waals surface area contributed by atoms with Crippen LogP contribution in [0.3, 0.4) is 0 Å². The summed E-state index contributed by atoms with van der Waals surface area (Å²) in [6.45, 7) is 2.13. The Bertz CT molecular complexity index is 616. The number of fused-ring (bicyclic) bond motifs is 1. The third-order valence-corrected chi connectivity index (χ3v) is 3.00. The van der Waals surface area contributed by atoms with E-state index in [0.717, 1.165) is 23.3 Å². The number of nitrogens with zero attached hydrogens (tertiary/aromatic N) is 2. The summed E-state index contributed by atoms with van der Waals surface area (Å²) < 4.78 is 26.4. The molecule has 0 saturated carbocycles. The molecule has 2 heterocycles. The van der Waals surface area contributed by atoms with Crippen LogP contribution < -0.4 is 4.72 Å². The Hall–Kier alpha value is -1.40. The number of rotatable bonds is 3. The summed E-state index contributed by atoms with van der Waals surface area (Å²) in [4.78, 5) is 4.34. The maximum absolute atomic E-state index is 11.0. The lowest BCUT2D eigenvalue weighted by Gasteiger charge is -2.03. The first-order chi connectivity index (χ1) is 7.47. The number of hydrogen-bond acceptors (Lipinski definition) is 3. The van der Waals surface area contributed by atoms with Gasteiger partial charge in [-0.05, 0) is 19.1 Å². The fourth-order valence-corrected chi connectivity index (χ4v) is 1.98. The molecule has 86 valence electrons. The second-order valence-electron chi connectivity index (χ2n) is 3.67. The van der Waals surface area contributed by atoms with Crippen LogP contribution in [-0.2, 0) is 16.6 Å². The molecule has 0 aliphatic carbocycles. The van der Waals surface area contributed by atoms with Crippen molar-refractivity contribution >= 4 is 15.7 Å². The van der Waals surface area contributed by atoms with Gasteiger partial charge < -0.3 is 4.40 Å². The van der Waals surface area contributed by atoms with Gasteiger partial charge in [0.05, 0.1) is 24.2 Å². The maximum Gasteiger partial charge on any atom is 0.209 e. The molecular weight excluding hydrogens is 226 g/mol. The molecule has 0 saturated heterocycles. The maximum atomic E-state index is 11.0. The number of aryl methyl sites for hydroxylation is 1. The van der Waals surface area contributed by atoms with Crippen molar-refractivity contribution in [3.63, 3.8) is 0 Å². The summed E-state index contributed by atoms with van der Waals surface area (Å²) in [7, 11) is -3.18. The van der Waals surface area contributed by atoms with E-state index in [1.807, 2.05) is 35.7 Å². The number of pyridine rings is 1. The summed E-state index contributed by atoms with van der Waals surface area (Å²) in [5.41, 5.74) is 2.52. The van der Waals surface area contributed by atoms with Crippen molar-refractivity contribution in [1.82, 2.24) is 14.1 Å². The topological polar surface area (TPSA) is 63.5 Å². The third kappa shape index (κ3) is 2.23. The lowest BCUT2D eigenvalue weighted by atomic mass is 10.3. The van der Waals surface area contributed by atoms with Gasteiger partial charge in [0.25, 0.3) is 0 Å². The predicted octanol–water partition coefficient (Wildman–Crippen LogP) is 0.692. The Kier molecular flexibility index (Phi) is 2.69. The number of sulfonamides is 1. The highest BCUT2D eigenvalue weighted by molar-refractivity contribution is 7.88. The average molecular weight is 239 g/mol. The Morgan fingerprint density at radius 3 is 2.88 bits per heavy atom. The summed E-state index contributed by atoms with van der Waals surface area (Å²) in [5.74, 6) is 0. The molecule has 0 unspecified atom stereocenters. The van der Waals surface area contributed by atoms with Gasteiger partial charge in [-0.2, -0.15) is 0 Å². The third-order valence-electron chi connectivity index (χ3n) is 2.33. The van der Waals surface area contributed by atoms with Crippen LogP contribution in [0.25, 0.3) is 5.65 Å². The summed E-state index contributed by atoms with van der Waals surface area (Å²) >= 11 is 0. The molecule has 0 bridgehead atoms. The monoisotopic (exact) mass is 239 g/mol. The molecule has 0 radical (unpaired) electrons. The molecule has 0 aliphatic heterocycles. The molecule has 0 fully saturated rings. The Balaban J connectivity index is 2.40. The molecule has 0 spiro atoms. The molecular formula is C10H13N3O2S. The van der Waals surface area contributed by atoms with Crippen LogP contribution in [0, 0.1) is 6.92 Å². The standard InChI is InChI=1S/C10H13N3O2S/c1-8-9(7-11-16(2,14)15)13-6-4-3-5-10(13)12-8/h3-6,11H,7H2,1-2H3. The normalized spacial score (nSPS) is 12.1. The van der Waals surface area contributed by atoms with Crippen LogP contribution in [0.15, 0.2) is 24.4 Å². The van der Waals surface area contributed by atoms with Gasteiger partial charge in [0.2, 0.25) is 10.0 Å². The zero-order valence-electron chi connectivity index (χ0n) is 9.14. The Morgan fingerprint density at radius 1 is 1.44 bits per heavy atom. The van der Waals surface area contributed by atoms with Crippen LogP contribution in [0.5, 0.6) is 0 Å². The first kappa shape index (κ1) is 11.1. The number of imidazole rings is 1. The van der Waals surface area contributed by atoms with E-state index in [4.69, 9.17) is 0 Å². The minimum atomic E-state index is -3.18. The fourth-order valence-electron chi connectivity index (χ4n) is 1.58. The highest BCUT2D eigenvalue weighted by atomic mass is 32.2. The molecule has 0 aliphatic rings. The lowest BCUT2D eigenvalue weighted by Crippen LogP contribution is -2.22. The summed E-state index contributed by atoms with van der Waals surface area (Å²) in [6, 6.07) is 5.67. The molecule has 1 N–H and O–H groups in total. The minimum absolute atomic E-state index is 0.260. The van der Waals surface area contributed by atoms with Crippen molar-refractivity contribution in [1.29, 1.82) is 0 Å². The quantitative estimate of drug-likeness (QED) is 0.857. The molecule has 2 rings (SSSR count).